The molecule has 1 fully saturated rings. The van der Waals surface area contributed by atoms with E-state index < -0.39 is 0 Å². The molecular weight excluding hydrogens is 262 g/mol. The van der Waals surface area contributed by atoms with Gasteiger partial charge in [-0.3, -0.25) is 9.89 Å². The lowest BCUT2D eigenvalue weighted by Crippen LogP contribution is -2.38. The summed E-state index contributed by atoms with van der Waals surface area (Å²) < 4.78 is 5.75. The van der Waals surface area contributed by atoms with E-state index >= 15 is 0 Å². The summed E-state index contributed by atoms with van der Waals surface area (Å²) in [7, 11) is 0. The molecule has 0 bridgehead atoms. The number of carbonyl (C=O) groups is 1. The van der Waals surface area contributed by atoms with Crippen LogP contribution in [0.15, 0.2) is 0 Å². The predicted octanol–water partition coefficient (Wildman–Crippen LogP) is 1.62. The van der Waals surface area contributed by atoms with Crippen molar-refractivity contribution in [3.63, 3.8) is 0 Å². The second-order valence-electron chi connectivity index (χ2n) is 5.16. The number of nitrogens with zero attached hydrogens (tertiary/aromatic N) is 2. The number of rotatable bonds is 1. The molecule has 2 aliphatic heterocycles. The molecule has 2 atom stereocenters. The number of fused-ring (bicyclic) bond motifs is 1. The summed E-state index contributed by atoms with van der Waals surface area (Å²) in [5, 5.41) is 7.24. The molecule has 19 heavy (non-hydrogen) atoms. The molecular formula is C13H19N3O2S. The zero-order valence-corrected chi connectivity index (χ0v) is 12.1. The quantitative estimate of drug-likeness (QED) is 0.850. The fraction of sp³-hybridized carbons (Fsp3) is 0.692. The normalized spacial score (nSPS) is 27.2. The van der Waals surface area contributed by atoms with Crippen LogP contribution in [0.4, 0.5) is 0 Å². The molecule has 3 rings (SSSR count). The fourth-order valence-electron chi connectivity index (χ4n) is 2.77. The fourth-order valence-corrected chi connectivity index (χ4v) is 3.67. The second-order valence-corrected chi connectivity index (χ2v) is 6.39. The van der Waals surface area contributed by atoms with Crippen molar-refractivity contribution in [2.24, 2.45) is 0 Å². The molecule has 0 unspecified atom stereocenters. The van der Waals surface area contributed by atoms with Gasteiger partial charge in [0.25, 0.3) is 5.91 Å². The first-order chi connectivity index (χ1) is 9.16. The minimum atomic E-state index is -0.00953. The maximum atomic E-state index is 12.5. The Morgan fingerprint density at radius 1 is 1.42 bits per heavy atom. The molecule has 1 N–H and O–H groups in total. The summed E-state index contributed by atoms with van der Waals surface area (Å²) in [6.45, 7) is 5.69. The smallest absolute Gasteiger partial charge is 0.274 e. The molecule has 1 aromatic rings. The highest BCUT2D eigenvalue weighted by Gasteiger charge is 2.31. The lowest BCUT2D eigenvalue weighted by Gasteiger charge is -2.28. The summed E-state index contributed by atoms with van der Waals surface area (Å²) in [6, 6.07) is 0. The first kappa shape index (κ1) is 13.0. The minimum absolute atomic E-state index is 0.00953. The molecule has 0 radical (unpaired) electrons. The van der Waals surface area contributed by atoms with E-state index in [1.165, 1.54) is 0 Å². The Labute approximate surface area is 117 Å². The van der Waals surface area contributed by atoms with E-state index in [2.05, 4.69) is 10.2 Å². The van der Waals surface area contributed by atoms with Crippen molar-refractivity contribution in [3.05, 3.63) is 17.0 Å². The molecule has 1 amide bonds. The third-order valence-electron chi connectivity index (χ3n) is 3.73. The second kappa shape index (κ2) is 5.17. The molecule has 1 aromatic heterocycles. The number of hydrogen-bond acceptors (Lipinski definition) is 4. The summed E-state index contributed by atoms with van der Waals surface area (Å²) in [4.78, 5) is 14.5. The Hall–Kier alpha value is -1.01. The molecule has 0 aliphatic carbocycles. The maximum Gasteiger partial charge on any atom is 0.274 e. The van der Waals surface area contributed by atoms with Crippen molar-refractivity contribution >= 4 is 17.7 Å². The molecule has 5 nitrogen and oxygen atoms in total. The van der Waals surface area contributed by atoms with Gasteiger partial charge in [0.15, 0.2) is 5.69 Å². The van der Waals surface area contributed by atoms with E-state index in [0.29, 0.717) is 5.69 Å². The largest absolute Gasteiger partial charge is 0.369 e. The van der Waals surface area contributed by atoms with Gasteiger partial charge < -0.3 is 9.64 Å². The Morgan fingerprint density at radius 3 is 2.89 bits per heavy atom. The highest BCUT2D eigenvalue weighted by atomic mass is 32.2. The standard InChI is InChI=1S/C13H19N3O2S/c1-8-7-10-11(9(2)18-8)14-15-12(10)13(17)16-3-5-19-6-4-16/h8-9H,3-7H2,1-2H3,(H,14,15)/t8-,9+/m1/s1. The van der Waals surface area contributed by atoms with Crippen LogP contribution in [0.25, 0.3) is 0 Å². The van der Waals surface area contributed by atoms with Gasteiger partial charge in [-0.25, -0.2) is 0 Å². The summed E-state index contributed by atoms with van der Waals surface area (Å²) in [5.41, 5.74) is 2.62. The van der Waals surface area contributed by atoms with Crippen molar-refractivity contribution in [1.29, 1.82) is 0 Å². The van der Waals surface area contributed by atoms with E-state index in [0.717, 1.165) is 42.3 Å². The molecule has 6 heteroatoms. The van der Waals surface area contributed by atoms with Crippen molar-refractivity contribution in [2.75, 3.05) is 24.6 Å². The van der Waals surface area contributed by atoms with Crippen LogP contribution in [0, 0.1) is 0 Å². The van der Waals surface area contributed by atoms with Crippen LogP contribution in [0.1, 0.15) is 41.7 Å². The Bertz CT molecular complexity index is 482. The van der Waals surface area contributed by atoms with Gasteiger partial charge in [-0.1, -0.05) is 0 Å². The Kier molecular flexibility index (Phi) is 3.54. The van der Waals surface area contributed by atoms with Crippen LogP contribution < -0.4 is 0 Å². The van der Waals surface area contributed by atoms with Gasteiger partial charge in [0, 0.05) is 36.6 Å². The highest BCUT2D eigenvalue weighted by Crippen LogP contribution is 2.30. The Morgan fingerprint density at radius 2 is 2.16 bits per heavy atom. The zero-order valence-electron chi connectivity index (χ0n) is 11.3. The van der Waals surface area contributed by atoms with Crippen molar-refractivity contribution in [3.8, 4) is 0 Å². The number of amides is 1. The van der Waals surface area contributed by atoms with E-state index in [4.69, 9.17) is 4.74 Å². The summed E-state index contributed by atoms with van der Waals surface area (Å²) in [6.07, 6.45) is 0.896. The van der Waals surface area contributed by atoms with Gasteiger partial charge >= 0.3 is 0 Å². The number of thioether (sulfide) groups is 1. The molecule has 0 spiro atoms. The first-order valence-corrected chi connectivity index (χ1v) is 7.92. The SMILES string of the molecule is C[C@@H]1Cc2c(C(=O)N3CCSCC3)n[nH]c2[C@H](C)O1. The molecule has 3 heterocycles. The maximum absolute atomic E-state index is 12.5. The van der Waals surface area contributed by atoms with Gasteiger partial charge in [-0.2, -0.15) is 16.9 Å². The van der Waals surface area contributed by atoms with Crippen LogP contribution in [0.5, 0.6) is 0 Å². The number of aromatic amines is 1. The van der Waals surface area contributed by atoms with Crippen molar-refractivity contribution in [2.45, 2.75) is 32.5 Å². The third-order valence-corrected chi connectivity index (χ3v) is 4.68. The summed E-state index contributed by atoms with van der Waals surface area (Å²) in [5.74, 6) is 2.11. The molecule has 0 saturated carbocycles. The van der Waals surface area contributed by atoms with E-state index in [-0.39, 0.29) is 18.1 Å². The van der Waals surface area contributed by atoms with Gasteiger partial charge in [-0.15, -0.1) is 0 Å². The predicted molar refractivity (Wildman–Crippen MR) is 74.5 cm³/mol. The number of carbonyl (C=O) groups excluding carboxylic acids is 1. The lowest BCUT2D eigenvalue weighted by molar-refractivity contribution is -0.00701. The number of aromatic nitrogens is 2. The Balaban J connectivity index is 1.87. The zero-order chi connectivity index (χ0) is 13.4. The average Bonchev–Trinajstić information content (AvgIpc) is 2.83. The molecule has 2 aliphatic rings. The van der Waals surface area contributed by atoms with Crippen LogP contribution in [0.2, 0.25) is 0 Å². The van der Waals surface area contributed by atoms with Crippen molar-refractivity contribution in [1.82, 2.24) is 15.1 Å². The third kappa shape index (κ3) is 2.39. The first-order valence-electron chi connectivity index (χ1n) is 6.76. The number of hydrogen-bond donors (Lipinski definition) is 1. The molecule has 1 saturated heterocycles. The van der Waals surface area contributed by atoms with Crippen molar-refractivity contribution < 1.29 is 9.53 Å². The van der Waals surface area contributed by atoms with Crippen LogP contribution in [0.3, 0.4) is 0 Å². The van der Waals surface area contributed by atoms with Gasteiger partial charge in [0.1, 0.15) is 0 Å². The highest BCUT2D eigenvalue weighted by molar-refractivity contribution is 7.99. The van der Waals surface area contributed by atoms with Gasteiger partial charge in [0.2, 0.25) is 0 Å². The number of H-pyrrole nitrogens is 1. The van der Waals surface area contributed by atoms with Crippen LogP contribution in [-0.4, -0.2) is 51.7 Å². The monoisotopic (exact) mass is 281 g/mol. The van der Waals surface area contributed by atoms with Gasteiger partial charge in [0.05, 0.1) is 17.9 Å². The lowest BCUT2D eigenvalue weighted by atomic mass is 9.99. The average molecular weight is 281 g/mol. The van der Waals surface area contributed by atoms with Crippen LogP contribution >= 0.6 is 11.8 Å². The van der Waals surface area contributed by atoms with E-state index in [9.17, 15) is 4.79 Å². The summed E-state index contributed by atoms with van der Waals surface area (Å²) >= 11 is 1.90. The van der Waals surface area contributed by atoms with E-state index in [1.54, 1.807) is 0 Å². The van der Waals surface area contributed by atoms with Crippen LogP contribution in [-0.2, 0) is 11.2 Å². The number of ether oxygens (including phenoxy) is 1. The van der Waals surface area contributed by atoms with E-state index in [1.807, 2.05) is 30.5 Å². The number of nitrogens with one attached hydrogen (secondary N) is 1. The molecule has 104 valence electrons. The van der Waals surface area contributed by atoms with Gasteiger partial charge in [-0.05, 0) is 13.8 Å². The minimum Gasteiger partial charge on any atom is -0.369 e. The molecule has 0 aromatic carbocycles. The topological polar surface area (TPSA) is 58.2 Å².